The van der Waals surface area contributed by atoms with E-state index in [0.717, 1.165) is 16.8 Å². The number of aromatic nitrogens is 2. The predicted molar refractivity (Wildman–Crippen MR) is 61.3 cm³/mol. The molecule has 0 aliphatic carbocycles. The van der Waals surface area contributed by atoms with E-state index in [1.54, 1.807) is 0 Å². The van der Waals surface area contributed by atoms with Crippen LogP contribution in [0.3, 0.4) is 0 Å². The first kappa shape index (κ1) is 14.2. The van der Waals surface area contributed by atoms with Crippen molar-refractivity contribution in [3.63, 3.8) is 0 Å². The van der Waals surface area contributed by atoms with Gasteiger partial charge in [0.25, 0.3) is 5.56 Å². The highest BCUT2D eigenvalue weighted by Gasteiger charge is 2.56. The van der Waals surface area contributed by atoms with Crippen LogP contribution in [0.2, 0.25) is 0 Å². The Balaban J connectivity index is 2.47. The number of aliphatic hydroxyl groups excluding tert-OH is 2. The number of nitrogens with zero attached hydrogens (tertiary/aromatic N) is 4. The zero-order chi connectivity index (χ0) is 14.9. The molecule has 2 heterocycles. The van der Waals surface area contributed by atoms with Gasteiger partial charge in [-0.25, -0.2) is 9.18 Å². The van der Waals surface area contributed by atoms with Gasteiger partial charge < -0.3 is 14.9 Å². The maximum atomic E-state index is 14.0. The molecule has 1 unspecified atom stereocenters. The van der Waals surface area contributed by atoms with E-state index in [-0.39, 0.29) is 0 Å². The first-order valence-electron chi connectivity index (χ1n) is 5.44. The molecular formula is C9H10FN5O5. The van der Waals surface area contributed by atoms with E-state index >= 15 is 0 Å². The third kappa shape index (κ3) is 2.08. The van der Waals surface area contributed by atoms with Crippen LogP contribution in [-0.2, 0) is 4.74 Å². The van der Waals surface area contributed by atoms with Gasteiger partial charge in [-0.05, 0) is 5.53 Å². The summed E-state index contributed by atoms with van der Waals surface area (Å²) >= 11 is 0. The molecule has 0 radical (unpaired) electrons. The van der Waals surface area contributed by atoms with Gasteiger partial charge in [-0.3, -0.25) is 14.3 Å². The number of rotatable bonds is 3. The molecule has 11 heteroatoms. The summed E-state index contributed by atoms with van der Waals surface area (Å²) in [6.45, 7) is -1.02. The average molecular weight is 287 g/mol. The standard InChI is InChI=1S/C9H10FN5O5/c10-6-5(18)7(20-9(6,3-16)13-14-11)15-2-1-4(17)12-8(15)19/h1-2,5-7,16,18H,3H2,(H,12,17,19)/t5-,6?,7+,9-/m1/s1. The number of azide groups is 1. The van der Waals surface area contributed by atoms with Gasteiger partial charge in [0.1, 0.15) is 6.10 Å². The monoisotopic (exact) mass is 287 g/mol. The largest absolute Gasteiger partial charge is 0.393 e. The first-order chi connectivity index (χ1) is 9.45. The van der Waals surface area contributed by atoms with Crippen molar-refractivity contribution in [2.75, 3.05) is 6.61 Å². The molecule has 0 aromatic carbocycles. The van der Waals surface area contributed by atoms with Crippen LogP contribution in [0.15, 0.2) is 27.0 Å². The number of nitrogens with one attached hydrogen (secondary N) is 1. The molecule has 1 aliphatic heterocycles. The molecule has 0 amide bonds. The normalized spacial score (nSPS) is 32.9. The highest BCUT2D eigenvalue weighted by atomic mass is 19.1. The molecule has 10 nitrogen and oxygen atoms in total. The summed E-state index contributed by atoms with van der Waals surface area (Å²) in [7, 11) is 0. The maximum absolute atomic E-state index is 14.0. The minimum absolute atomic E-state index is 0.681. The zero-order valence-corrected chi connectivity index (χ0v) is 9.88. The third-order valence-corrected chi connectivity index (χ3v) is 2.91. The van der Waals surface area contributed by atoms with Crippen molar-refractivity contribution in [3.05, 3.63) is 43.5 Å². The van der Waals surface area contributed by atoms with E-state index in [4.69, 9.17) is 15.4 Å². The van der Waals surface area contributed by atoms with Gasteiger partial charge in [-0.15, -0.1) is 0 Å². The van der Waals surface area contributed by atoms with Gasteiger partial charge in [0.05, 0.1) is 6.61 Å². The van der Waals surface area contributed by atoms with Crippen LogP contribution in [0.4, 0.5) is 4.39 Å². The minimum Gasteiger partial charge on any atom is -0.393 e. The maximum Gasteiger partial charge on any atom is 0.330 e. The van der Waals surface area contributed by atoms with Gasteiger partial charge >= 0.3 is 5.69 Å². The molecule has 1 aliphatic rings. The van der Waals surface area contributed by atoms with E-state index in [9.17, 15) is 19.1 Å². The van der Waals surface area contributed by atoms with Crippen LogP contribution in [0, 0.1) is 0 Å². The molecule has 108 valence electrons. The van der Waals surface area contributed by atoms with Crippen LogP contribution in [-0.4, -0.2) is 44.4 Å². The number of aromatic amines is 1. The Labute approximate surface area is 109 Å². The molecule has 0 spiro atoms. The lowest BCUT2D eigenvalue weighted by Gasteiger charge is -2.22. The lowest BCUT2D eigenvalue weighted by molar-refractivity contribution is -0.116. The van der Waals surface area contributed by atoms with Gasteiger partial charge in [0.15, 0.2) is 12.4 Å². The summed E-state index contributed by atoms with van der Waals surface area (Å²) in [4.78, 5) is 26.8. The second kappa shape index (κ2) is 5.06. The van der Waals surface area contributed by atoms with Crippen LogP contribution in [0.5, 0.6) is 0 Å². The van der Waals surface area contributed by atoms with Gasteiger partial charge in [-0.2, -0.15) is 0 Å². The SMILES string of the molecule is [N-]=[N+]=N[C@]1(CO)O[C@H](n2ccc(=O)[nH]c2=O)[C@H](O)C1F. The molecular weight excluding hydrogens is 277 g/mol. The highest BCUT2D eigenvalue weighted by molar-refractivity contribution is 5.01. The van der Waals surface area contributed by atoms with Gasteiger partial charge in [-0.1, -0.05) is 5.11 Å². The molecule has 20 heavy (non-hydrogen) atoms. The fourth-order valence-corrected chi connectivity index (χ4v) is 1.91. The van der Waals surface area contributed by atoms with Crippen molar-refractivity contribution in [3.8, 4) is 0 Å². The summed E-state index contributed by atoms with van der Waals surface area (Å²) in [5.41, 5.74) is 4.43. The second-order valence-corrected chi connectivity index (χ2v) is 4.11. The van der Waals surface area contributed by atoms with E-state index in [1.807, 2.05) is 4.98 Å². The fraction of sp³-hybridized carbons (Fsp3) is 0.556. The molecule has 1 fully saturated rings. The summed E-state index contributed by atoms with van der Waals surface area (Å²) in [5.74, 6) is 0. The molecule has 0 saturated carbocycles. The molecule has 3 N–H and O–H groups in total. The average Bonchev–Trinajstić information content (AvgIpc) is 2.65. The van der Waals surface area contributed by atoms with Crippen molar-refractivity contribution in [1.82, 2.24) is 9.55 Å². The summed E-state index contributed by atoms with van der Waals surface area (Å²) < 4.78 is 19.7. The molecule has 1 aromatic rings. The number of hydrogen-bond donors (Lipinski definition) is 3. The summed E-state index contributed by atoms with van der Waals surface area (Å²) in [6.07, 6.45) is -4.67. The quantitative estimate of drug-likeness (QED) is 0.360. The third-order valence-electron chi connectivity index (χ3n) is 2.91. The Morgan fingerprint density at radius 3 is 2.90 bits per heavy atom. The Morgan fingerprint density at radius 2 is 2.35 bits per heavy atom. The van der Waals surface area contributed by atoms with Crippen molar-refractivity contribution < 1.29 is 19.3 Å². The van der Waals surface area contributed by atoms with Crippen molar-refractivity contribution >= 4 is 0 Å². The zero-order valence-electron chi connectivity index (χ0n) is 9.88. The number of H-pyrrole nitrogens is 1. The van der Waals surface area contributed by atoms with Crippen molar-refractivity contribution in [2.45, 2.75) is 24.2 Å². The first-order valence-corrected chi connectivity index (χ1v) is 5.44. The van der Waals surface area contributed by atoms with Crippen molar-refractivity contribution in [2.24, 2.45) is 5.11 Å². The highest BCUT2D eigenvalue weighted by Crippen LogP contribution is 2.39. The topological polar surface area (TPSA) is 153 Å². The number of aliphatic hydroxyl groups is 2. The summed E-state index contributed by atoms with van der Waals surface area (Å²) in [6, 6.07) is 0.969. The van der Waals surface area contributed by atoms with Gasteiger partial charge in [0.2, 0.25) is 5.72 Å². The van der Waals surface area contributed by atoms with Crippen LogP contribution in [0.25, 0.3) is 10.4 Å². The fourth-order valence-electron chi connectivity index (χ4n) is 1.91. The lowest BCUT2D eigenvalue weighted by atomic mass is 10.1. The number of hydrogen-bond acceptors (Lipinski definition) is 6. The van der Waals surface area contributed by atoms with Crippen LogP contribution < -0.4 is 11.2 Å². The smallest absolute Gasteiger partial charge is 0.330 e. The lowest BCUT2D eigenvalue weighted by Crippen LogP contribution is -2.41. The van der Waals surface area contributed by atoms with Gasteiger partial charge in [0, 0.05) is 17.2 Å². The molecule has 1 aromatic heterocycles. The Bertz CT molecular complexity index is 667. The molecule has 4 atom stereocenters. The number of halogens is 1. The Morgan fingerprint density at radius 1 is 1.65 bits per heavy atom. The Kier molecular flexibility index (Phi) is 3.59. The van der Waals surface area contributed by atoms with Crippen LogP contribution in [0.1, 0.15) is 6.23 Å². The second-order valence-electron chi connectivity index (χ2n) is 4.11. The number of alkyl halides is 1. The Hall–Kier alpha value is -2.20. The summed E-state index contributed by atoms with van der Waals surface area (Å²) in [5, 5.41) is 21.9. The van der Waals surface area contributed by atoms with Crippen molar-refractivity contribution in [1.29, 1.82) is 0 Å². The van der Waals surface area contributed by atoms with E-state index in [1.165, 1.54) is 0 Å². The van der Waals surface area contributed by atoms with E-state index < -0.39 is 42.1 Å². The molecule has 1 saturated heterocycles. The van der Waals surface area contributed by atoms with E-state index in [2.05, 4.69) is 10.0 Å². The molecule has 0 bridgehead atoms. The van der Waals surface area contributed by atoms with E-state index in [0.29, 0.717) is 0 Å². The molecule has 2 rings (SSSR count). The number of ether oxygens (including phenoxy) is 1. The predicted octanol–water partition coefficient (Wildman–Crippen LogP) is -1.24. The van der Waals surface area contributed by atoms with Crippen LogP contribution >= 0.6 is 0 Å². The minimum atomic E-state index is -2.32.